The van der Waals surface area contributed by atoms with E-state index in [1.54, 1.807) is 0 Å². The molecular formula is C16H23NO2. The van der Waals surface area contributed by atoms with Crippen molar-refractivity contribution >= 4 is 0 Å². The highest BCUT2D eigenvalue weighted by atomic mass is 16.5. The summed E-state index contributed by atoms with van der Waals surface area (Å²) in [7, 11) is 0. The molecule has 0 bridgehead atoms. The van der Waals surface area contributed by atoms with E-state index in [9.17, 15) is 0 Å². The van der Waals surface area contributed by atoms with Crippen molar-refractivity contribution < 1.29 is 9.47 Å². The summed E-state index contributed by atoms with van der Waals surface area (Å²) in [6, 6.07) is 6.07. The van der Waals surface area contributed by atoms with Crippen LogP contribution in [0.25, 0.3) is 0 Å². The molecule has 0 radical (unpaired) electrons. The van der Waals surface area contributed by atoms with Crippen LogP contribution in [0.2, 0.25) is 0 Å². The molecule has 3 heteroatoms. The van der Waals surface area contributed by atoms with Crippen molar-refractivity contribution in [1.29, 1.82) is 0 Å². The lowest BCUT2D eigenvalue weighted by Crippen LogP contribution is -2.28. The lowest BCUT2D eigenvalue weighted by atomic mass is 9.80. The lowest BCUT2D eigenvalue weighted by Gasteiger charge is -2.32. The van der Waals surface area contributed by atoms with Crippen LogP contribution in [0.4, 0.5) is 0 Å². The summed E-state index contributed by atoms with van der Waals surface area (Å²) < 4.78 is 11.7. The van der Waals surface area contributed by atoms with Crippen LogP contribution in [0.5, 0.6) is 11.5 Å². The monoisotopic (exact) mass is 261 g/mol. The molecule has 0 amide bonds. The Morgan fingerprint density at radius 1 is 1.21 bits per heavy atom. The fourth-order valence-corrected chi connectivity index (χ4v) is 3.09. The first-order chi connectivity index (χ1) is 9.13. The zero-order valence-corrected chi connectivity index (χ0v) is 11.8. The Balaban J connectivity index is 1.68. The smallest absolute Gasteiger partial charge is 0.127 e. The maximum Gasteiger partial charge on any atom is 0.127 e. The Morgan fingerprint density at radius 3 is 2.84 bits per heavy atom. The number of hydrogen-bond donors (Lipinski definition) is 1. The first-order valence-electron chi connectivity index (χ1n) is 7.32. The molecule has 1 aromatic rings. The van der Waals surface area contributed by atoms with E-state index in [0.29, 0.717) is 12.7 Å². The molecule has 0 saturated heterocycles. The minimum Gasteiger partial charge on any atom is -0.491 e. The molecule has 1 aromatic carbocycles. The highest BCUT2D eigenvalue weighted by molar-refractivity contribution is 5.44. The van der Waals surface area contributed by atoms with Crippen LogP contribution in [-0.2, 0) is 0 Å². The molecule has 2 N–H and O–H groups in total. The molecule has 1 heterocycles. The van der Waals surface area contributed by atoms with Crippen LogP contribution in [0.1, 0.15) is 44.7 Å². The average molecular weight is 261 g/mol. The zero-order chi connectivity index (χ0) is 13.4. The molecule has 1 fully saturated rings. The lowest BCUT2D eigenvalue weighted by molar-refractivity contribution is 0.100. The normalized spacial score (nSPS) is 33.6. The van der Waals surface area contributed by atoms with Crippen molar-refractivity contribution in [3.63, 3.8) is 0 Å². The fraction of sp³-hybridized carbons (Fsp3) is 0.625. The molecule has 1 saturated carbocycles. The third-order valence-corrected chi connectivity index (χ3v) is 4.66. The van der Waals surface area contributed by atoms with Gasteiger partial charge in [-0.1, -0.05) is 13.8 Å². The Hall–Kier alpha value is -1.22. The van der Waals surface area contributed by atoms with Gasteiger partial charge in [-0.2, -0.15) is 0 Å². The zero-order valence-electron chi connectivity index (χ0n) is 11.8. The summed E-state index contributed by atoms with van der Waals surface area (Å²) in [4.78, 5) is 0. The number of hydrogen-bond acceptors (Lipinski definition) is 3. The van der Waals surface area contributed by atoms with Crippen molar-refractivity contribution in [1.82, 2.24) is 0 Å². The van der Waals surface area contributed by atoms with E-state index in [4.69, 9.17) is 15.2 Å². The molecule has 1 aliphatic carbocycles. The SMILES string of the molecule is CC1CCC(Oc2ccc3c(c2)OCC3N)CC1C. The van der Waals surface area contributed by atoms with Crippen LogP contribution in [-0.4, -0.2) is 12.7 Å². The van der Waals surface area contributed by atoms with Crippen molar-refractivity contribution in [2.45, 2.75) is 45.3 Å². The molecule has 0 aromatic heterocycles. The Labute approximate surface area is 115 Å². The summed E-state index contributed by atoms with van der Waals surface area (Å²) in [6.07, 6.45) is 3.92. The Kier molecular flexibility index (Phi) is 3.40. The van der Waals surface area contributed by atoms with E-state index in [1.165, 1.54) is 6.42 Å². The third-order valence-electron chi connectivity index (χ3n) is 4.66. The summed E-state index contributed by atoms with van der Waals surface area (Å²) in [6.45, 7) is 5.24. The van der Waals surface area contributed by atoms with Crippen LogP contribution in [0.15, 0.2) is 18.2 Å². The largest absolute Gasteiger partial charge is 0.491 e. The molecule has 1 aliphatic heterocycles. The number of benzene rings is 1. The number of fused-ring (bicyclic) bond motifs is 1. The Morgan fingerprint density at radius 2 is 2.05 bits per heavy atom. The Bertz CT molecular complexity index is 460. The maximum absolute atomic E-state index is 6.11. The van der Waals surface area contributed by atoms with Gasteiger partial charge in [0.2, 0.25) is 0 Å². The summed E-state index contributed by atoms with van der Waals surface area (Å²) >= 11 is 0. The van der Waals surface area contributed by atoms with Gasteiger partial charge in [0.15, 0.2) is 0 Å². The number of ether oxygens (including phenoxy) is 2. The predicted octanol–water partition coefficient (Wildman–Crippen LogP) is 3.28. The van der Waals surface area contributed by atoms with Crippen LogP contribution < -0.4 is 15.2 Å². The van der Waals surface area contributed by atoms with Gasteiger partial charge in [0, 0.05) is 11.6 Å². The van der Waals surface area contributed by atoms with E-state index in [-0.39, 0.29) is 6.04 Å². The van der Waals surface area contributed by atoms with E-state index < -0.39 is 0 Å². The topological polar surface area (TPSA) is 44.5 Å². The highest BCUT2D eigenvalue weighted by Crippen LogP contribution is 2.36. The second-order valence-electron chi connectivity index (χ2n) is 6.12. The molecule has 104 valence electrons. The van der Waals surface area contributed by atoms with E-state index in [0.717, 1.165) is 41.7 Å². The van der Waals surface area contributed by atoms with Crippen molar-refractivity contribution in [2.24, 2.45) is 17.6 Å². The van der Waals surface area contributed by atoms with Gasteiger partial charge < -0.3 is 15.2 Å². The van der Waals surface area contributed by atoms with E-state index in [1.807, 2.05) is 18.2 Å². The van der Waals surface area contributed by atoms with Gasteiger partial charge in [0.25, 0.3) is 0 Å². The van der Waals surface area contributed by atoms with Crippen LogP contribution in [0.3, 0.4) is 0 Å². The van der Waals surface area contributed by atoms with Crippen molar-refractivity contribution in [3.05, 3.63) is 23.8 Å². The molecule has 2 aliphatic rings. The molecule has 3 rings (SSSR count). The van der Waals surface area contributed by atoms with Gasteiger partial charge in [-0.3, -0.25) is 0 Å². The van der Waals surface area contributed by atoms with Gasteiger partial charge in [-0.05, 0) is 43.2 Å². The third kappa shape index (κ3) is 2.57. The first kappa shape index (κ1) is 12.8. The summed E-state index contributed by atoms with van der Waals surface area (Å²) in [5.74, 6) is 3.38. The van der Waals surface area contributed by atoms with E-state index >= 15 is 0 Å². The standard InChI is InChI=1S/C16H23NO2/c1-10-3-4-12(7-11(10)2)19-13-5-6-14-15(17)9-18-16(14)8-13/h5-6,8,10-12,15H,3-4,7,9,17H2,1-2H3. The number of nitrogens with two attached hydrogens (primary N) is 1. The molecule has 4 atom stereocenters. The van der Waals surface area contributed by atoms with Crippen LogP contribution in [0, 0.1) is 11.8 Å². The van der Waals surface area contributed by atoms with Crippen molar-refractivity contribution in [2.75, 3.05) is 6.61 Å². The van der Waals surface area contributed by atoms with Gasteiger partial charge >= 0.3 is 0 Å². The summed E-state index contributed by atoms with van der Waals surface area (Å²) in [5.41, 5.74) is 7.04. The predicted molar refractivity (Wildman–Crippen MR) is 75.5 cm³/mol. The van der Waals surface area contributed by atoms with E-state index in [2.05, 4.69) is 13.8 Å². The minimum atomic E-state index is 0.0135. The summed E-state index contributed by atoms with van der Waals surface area (Å²) in [5, 5.41) is 0. The van der Waals surface area contributed by atoms with Crippen LogP contribution >= 0.6 is 0 Å². The van der Waals surface area contributed by atoms with Gasteiger partial charge in [0.05, 0.1) is 12.1 Å². The minimum absolute atomic E-state index is 0.0135. The van der Waals surface area contributed by atoms with Crippen molar-refractivity contribution in [3.8, 4) is 11.5 Å². The van der Waals surface area contributed by atoms with Gasteiger partial charge in [0.1, 0.15) is 18.1 Å². The quantitative estimate of drug-likeness (QED) is 0.888. The average Bonchev–Trinajstić information content (AvgIpc) is 2.75. The molecule has 0 spiro atoms. The fourth-order valence-electron chi connectivity index (χ4n) is 3.09. The maximum atomic E-state index is 6.11. The number of rotatable bonds is 2. The molecule has 19 heavy (non-hydrogen) atoms. The molecular weight excluding hydrogens is 238 g/mol. The molecule has 3 nitrogen and oxygen atoms in total. The van der Waals surface area contributed by atoms with Gasteiger partial charge in [-0.15, -0.1) is 0 Å². The first-order valence-corrected chi connectivity index (χ1v) is 7.32. The van der Waals surface area contributed by atoms with Gasteiger partial charge in [-0.25, -0.2) is 0 Å². The second-order valence-corrected chi connectivity index (χ2v) is 6.12. The molecule has 4 unspecified atom stereocenters. The second kappa shape index (κ2) is 5.04. The highest BCUT2D eigenvalue weighted by Gasteiger charge is 2.26.